The van der Waals surface area contributed by atoms with E-state index in [1.165, 1.54) is 0 Å². The van der Waals surface area contributed by atoms with Crippen molar-refractivity contribution >= 4 is 21.8 Å². The van der Waals surface area contributed by atoms with Crippen molar-refractivity contribution in [3.8, 4) is 0 Å². The minimum atomic E-state index is -0.476. The van der Waals surface area contributed by atoms with Crippen LogP contribution in [-0.2, 0) is 4.79 Å². The van der Waals surface area contributed by atoms with Gasteiger partial charge in [-0.15, -0.1) is 6.58 Å². The SMILES string of the molecule is C=CCNC(=O)C(C)(C)Br. The van der Waals surface area contributed by atoms with E-state index in [1.807, 2.05) is 0 Å². The lowest BCUT2D eigenvalue weighted by molar-refractivity contribution is -0.122. The molecule has 1 N–H and O–H groups in total. The second-order valence-electron chi connectivity index (χ2n) is 2.47. The zero-order valence-corrected chi connectivity index (χ0v) is 7.86. The Morgan fingerprint density at radius 3 is 2.60 bits per heavy atom. The molecule has 0 saturated heterocycles. The lowest BCUT2D eigenvalue weighted by Gasteiger charge is -2.14. The number of carbonyl (C=O) groups excluding carboxylic acids is 1. The third kappa shape index (κ3) is 3.67. The van der Waals surface area contributed by atoms with Crippen molar-refractivity contribution < 1.29 is 4.79 Å². The third-order valence-corrected chi connectivity index (χ3v) is 1.31. The highest BCUT2D eigenvalue weighted by atomic mass is 79.9. The van der Waals surface area contributed by atoms with Gasteiger partial charge in [-0.25, -0.2) is 0 Å². The van der Waals surface area contributed by atoms with Crippen molar-refractivity contribution in [1.29, 1.82) is 0 Å². The molecule has 2 nitrogen and oxygen atoms in total. The number of nitrogens with one attached hydrogen (secondary N) is 1. The van der Waals surface area contributed by atoms with Gasteiger partial charge in [0.15, 0.2) is 0 Å². The van der Waals surface area contributed by atoms with Gasteiger partial charge in [0.25, 0.3) is 0 Å². The van der Waals surface area contributed by atoms with Crippen molar-refractivity contribution in [1.82, 2.24) is 5.32 Å². The van der Waals surface area contributed by atoms with E-state index in [2.05, 4.69) is 27.8 Å². The second kappa shape index (κ2) is 3.76. The molecule has 0 aliphatic heterocycles. The Balaban J connectivity index is 3.74. The largest absolute Gasteiger partial charge is 0.351 e. The van der Waals surface area contributed by atoms with Gasteiger partial charge >= 0.3 is 0 Å². The Morgan fingerprint density at radius 1 is 1.80 bits per heavy atom. The molecule has 1 amide bonds. The summed E-state index contributed by atoms with van der Waals surface area (Å²) in [6.07, 6.45) is 1.65. The highest BCUT2D eigenvalue weighted by Gasteiger charge is 2.22. The first-order valence-electron chi connectivity index (χ1n) is 3.06. The number of hydrogen-bond donors (Lipinski definition) is 1. The van der Waals surface area contributed by atoms with Gasteiger partial charge < -0.3 is 5.32 Å². The normalized spacial score (nSPS) is 10.7. The fraction of sp³-hybridized carbons (Fsp3) is 0.571. The van der Waals surface area contributed by atoms with Gasteiger partial charge in [0, 0.05) is 6.54 Å². The lowest BCUT2D eigenvalue weighted by atomic mass is 10.2. The maximum atomic E-state index is 11.0. The summed E-state index contributed by atoms with van der Waals surface area (Å²) in [6, 6.07) is 0. The zero-order chi connectivity index (χ0) is 8.20. The lowest BCUT2D eigenvalue weighted by Crippen LogP contribution is -2.37. The molecule has 0 spiro atoms. The Hall–Kier alpha value is -0.310. The smallest absolute Gasteiger partial charge is 0.236 e. The van der Waals surface area contributed by atoms with Gasteiger partial charge in [-0.05, 0) is 13.8 Å². The minimum Gasteiger partial charge on any atom is -0.351 e. The van der Waals surface area contributed by atoms with E-state index in [9.17, 15) is 4.79 Å². The molecule has 0 rings (SSSR count). The van der Waals surface area contributed by atoms with Gasteiger partial charge in [-0.3, -0.25) is 4.79 Å². The van der Waals surface area contributed by atoms with Crippen molar-refractivity contribution in [2.24, 2.45) is 0 Å². The molecule has 0 aromatic heterocycles. The van der Waals surface area contributed by atoms with Crippen molar-refractivity contribution in [3.63, 3.8) is 0 Å². The molecule has 0 aromatic carbocycles. The summed E-state index contributed by atoms with van der Waals surface area (Å²) in [5, 5.41) is 2.67. The molecule has 10 heavy (non-hydrogen) atoms. The predicted octanol–water partition coefficient (Wildman–Crippen LogP) is 1.46. The van der Waals surface area contributed by atoms with Crippen LogP contribution in [0.4, 0.5) is 0 Å². The number of amides is 1. The molecule has 3 heteroatoms. The maximum absolute atomic E-state index is 11.0. The van der Waals surface area contributed by atoms with Gasteiger partial charge in [0.2, 0.25) is 5.91 Å². The number of hydrogen-bond acceptors (Lipinski definition) is 1. The van der Waals surface area contributed by atoms with Crippen LogP contribution in [0.25, 0.3) is 0 Å². The molecule has 0 aliphatic carbocycles. The molecule has 0 fully saturated rings. The van der Waals surface area contributed by atoms with Crippen LogP contribution in [0.5, 0.6) is 0 Å². The number of rotatable bonds is 3. The van der Waals surface area contributed by atoms with Crippen LogP contribution < -0.4 is 5.32 Å². The van der Waals surface area contributed by atoms with Gasteiger partial charge in [-0.2, -0.15) is 0 Å². The van der Waals surface area contributed by atoms with Crippen molar-refractivity contribution in [2.75, 3.05) is 6.54 Å². The standard InChI is InChI=1S/C7H12BrNO/c1-4-5-9-6(10)7(2,3)8/h4H,1,5H2,2-3H3,(H,9,10). The average molecular weight is 206 g/mol. The molecule has 0 radical (unpaired) electrons. The van der Waals surface area contributed by atoms with Crippen molar-refractivity contribution in [3.05, 3.63) is 12.7 Å². The fourth-order valence-electron chi connectivity index (χ4n) is 0.375. The summed E-state index contributed by atoms with van der Waals surface area (Å²) in [6.45, 7) is 7.60. The Kier molecular flexibility index (Phi) is 3.64. The molecule has 0 atom stereocenters. The van der Waals surface area contributed by atoms with E-state index < -0.39 is 4.32 Å². The second-order valence-corrected chi connectivity index (χ2v) is 4.45. The first-order chi connectivity index (χ1) is 4.48. The molecular formula is C7H12BrNO. The highest BCUT2D eigenvalue weighted by Crippen LogP contribution is 2.14. The zero-order valence-electron chi connectivity index (χ0n) is 6.28. The molecule has 0 unspecified atom stereocenters. The molecule has 0 aliphatic rings. The molecule has 0 aromatic rings. The molecule has 58 valence electrons. The van der Waals surface area contributed by atoms with Crippen LogP contribution in [0.2, 0.25) is 0 Å². The van der Waals surface area contributed by atoms with Crippen LogP contribution in [0.15, 0.2) is 12.7 Å². The average Bonchev–Trinajstić information content (AvgIpc) is 1.80. The summed E-state index contributed by atoms with van der Waals surface area (Å²) in [4.78, 5) is 11.0. The van der Waals surface area contributed by atoms with Crippen LogP contribution in [-0.4, -0.2) is 16.8 Å². The van der Waals surface area contributed by atoms with E-state index in [0.717, 1.165) is 0 Å². The van der Waals surface area contributed by atoms with Crippen LogP contribution >= 0.6 is 15.9 Å². The van der Waals surface area contributed by atoms with E-state index in [-0.39, 0.29) is 5.91 Å². The summed E-state index contributed by atoms with van der Waals surface area (Å²) in [5.74, 6) is -0.0209. The summed E-state index contributed by atoms with van der Waals surface area (Å²) in [5.41, 5.74) is 0. The predicted molar refractivity (Wildman–Crippen MR) is 46.2 cm³/mol. The van der Waals surface area contributed by atoms with Crippen LogP contribution in [0.3, 0.4) is 0 Å². The fourth-order valence-corrected chi connectivity index (χ4v) is 0.515. The summed E-state index contributed by atoms with van der Waals surface area (Å²) >= 11 is 3.23. The highest BCUT2D eigenvalue weighted by molar-refractivity contribution is 9.10. The van der Waals surface area contributed by atoms with Crippen molar-refractivity contribution in [2.45, 2.75) is 18.2 Å². The van der Waals surface area contributed by atoms with E-state index in [4.69, 9.17) is 0 Å². The molecular weight excluding hydrogens is 194 g/mol. The topological polar surface area (TPSA) is 29.1 Å². The first kappa shape index (κ1) is 9.69. The number of carbonyl (C=O) groups is 1. The number of alkyl halides is 1. The Labute approximate surface area is 69.8 Å². The molecule has 0 heterocycles. The Bertz CT molecular complexity index is 137. The third-order valence-electron chi connectivity index (χ3n) is 0.947. The maximum Gasteiger partial charge on any atom is 0.236 e. The van der Waals surface area contributed by atoms with Gasteiger partial charge in [0.05, 0.1) is 4.32 Å². The monoisotopic (exact) mass is 205 g/mol. The number of halogens is 1. The van der Waals surface area contributed by atoms with Gasteiger partial charge in [0.1, 0.15) is 0 Å². The van der Waals surface area contributed by atoms with E-state index in [0.29, 0.717) is 6.54 Å². The molecule has 0 saturated carbocycles. The Morgan fingerprint density at radius 2 is 2.30 bits per heavy atom. The summed E-state index contributed by atoms with van der Waals surface area (Å²) < 4.78 is -0.476. The van der Waals surface area contributed by atoms with Gasteiger partial charge in [-0.1, -0.05) is 22.0 Å². The quantitative estimate of drug-likeness (QED) is 0.549. The van der Waals surface area contributed by atoms with Crippen LogP contribution in [0.1, 0.15) is 13.8 Å². The summed E-state index contributed by atoms with van der Waals surface area (Å²) in [7, 11) is 0. The van der Waals surface area contributed by atoms with Crippen LogP contribution in [0, 0.1) is 0 Å². The first-order valence-corrected chi connectivity index (χ1v) is 3.86. The molecule has 0 bridgehead atoms. The van der Waals surface area contributed by atoms with E-state index in [1.54, 1.807) is 19.9 Å². The van der Waals surface area contributed by atoms with E-state index >= 15 is 0 Å². The minimum absolute atomic E-state index is 0.0209.